The monoisotopic (exact) mass is 267 g/mol. The maximum Gasteiger partial charge on any atom is 0.323 e. The summed E-state index contributed by atoms with van der Waals surface area (Å²) in [6, 6.07) is 4.66. The van der Waals surface area contributed by atoms with Crippen LogP contribution in [0.15, 0.2) is 18.2 Å². The van der Waals surface area contributed by atoms with E-state index in [1.807, 2.05) is 4.90 Å². The van der Waals surface area contributed by atoms with Crippen molar-refractivity contribution < 1.29 is 19.0 Å². The summed E-state index contributed by atoms with van der Waals surface area (Å²) in [7, 11) is 1.48. The number of aliphatic carboxylic acids is 1. The summed E-state index contributed by atoms with van der Waals surface area (Å²) in [6.07, 6.45) is 1.42. The third-order valence-corrected chi connectivity index (χ3v) is 3.87. The maximum atomic E-state index is 13.9. The molecule has 4 nitrogen and oxygen atoms in total. The van der Waals surface area contributed by atoms with Crippen molar-refractivity contribution in [2.75, 3.05) is 13.7 Å². The molecule has 1 aromatic rings. The highest BCUT2D eigenvalue weighted by Gasteiger charge is 2.43. The second kappa shape index (κ2) is 5.17. The molecule has 104 valence electrons. The minimum Gasteiger partial charge on any atom is -0.497 e. The summed E-state index contributed by atoms with van der Waals surface area (Å²) >= 11 is 0. The average molecular weight is 267 g/mol. The first-order valence-corrected chi connectivity index (χ1v) is 6.28. The van der Waals surface area contributed by atoms with E-state index in [-0.39, 0.29) is 5.82 Å². The Labute approximate surface area is 111 Å². The predicted octanol–water partition coefficient (Wildman–Crippen LogP) is 2.27. The lowest BCUT2D eigenvalue weighted by molar-refractivity contribution is -0.148. The van der Waals surface area contributed by atoms with Crippen LogP contribution in [0.1, 0.15) is 25.3 Å². The van der Waals surface area contributed by atoms with Gasteiger partial charge in [-0.1, -0.05) is 6.07 Å². The molecule has 1 aliphatic rings. The average Bonchev–Trinajstić information content (AvgIpc) is 2.75. The first-order valence-electron chi connectivity index (χ1n) is 6.28. The Balaban J connectivity index is 2.19. The van der Waals surface area contributed by atoms with Crippen molar-refractivity contribution in [1.29, 1.82) is 0 Å². The summed E-state index contributed by atoms with van der Waals surface area (Å²) < 4.78 is 18.8. The number of benzene rings is 1. The molecule has 0 aromatic heterocycles. The molecule has 0 radical (unpaired) electrons. The van der Waals surface area contributed by atoms with Crippen LogP contribution in [0.5, 0.6) is 5.75 Å². The number of carbonyl (C=O) groups is 1. The molecule has 19 heavy (non-hydrogen) atoms. The van der Waals surface area contributed by atoms with Crippen LogP contribution in [0.4, 0.5) is 4.39 Å². The Hall–Kier alpha value is -1.62. The van der Waals surface area contributed by atoms with Crippen molar-refractivity contribution in [2.45, 2.75) is 31.8 Å². The Morgan fingerprint density at radius 2 is 2.32 bits per heavy atom. The van der Waals surface area contributed by atoms with E-state index < -0.39 is 11.5 Å². The van der Waals surface area contributed by atoms with Crippen LogP contribution in [0.3, 0.4) is 0 Å². The number of likely N-dealkylation sites (tertiary alicyclic amines) is 1. The number of halogens is 1. The molecule has 1 heterocycles. The lowest BCUT2D eigenvalue weighted by atomic mass is 9.99. The third kappa shape index (κ3) is 2.56. The molecule has 0 saturated carbocycles. The molecule has 1 aromatic carbocycles. The zero-order valence-corrected chi connectivity index (χ0v) is 11.1. The van der Waals surface area contributed by atoms with Crippen molar-refractivity contribution in [3.8, 4) is 5.75 Å². The van der Waals surface area contributed by atoms with Crippen LogP contribution in [0.2, 0.25) is 0 Å². The van der Waals surface area contributed by atoms with E-state index in [0.717, 1.165) is 6.42 Å². The minimum absolute atomic E-state index is 0.304. The number of hydrogen-bond acceptors (Lipinski definition) is 3. The molecular weight excluding hydrogens is 249 g/mol. The smallest absolute Gasteiger partial charge is 0.323 e. The number of carboxylic acid groups (broad SMARTS) is 1. The SMILES string of the molecule is COc1ccc(CN2CCCC2(C)C(=O)O)c(F)c1. The van der Waals surface area contributed by atoms with Crippen molar-refractivity contribution in [2.24, 2.45) is 0 Å². The Morgan fingerprint density at radius 3 is 2.89 bits per heavy atom. The van der Waals surface area contributed by atoms with Crippen LogP contribution in [0, 0.1) is 5.82 Å². The van der Waals surface area contributed by atoms with Gasteiger partial charge in [0.1, 0.15) is 17.1 Å². The normalized spacial score (nSPS) is 23.5. The second-order valence-electron chi connectivity index (χ2n) is 5.06. The van der Waals surface area contributed by atoms with Crippen molar-refractivity contribution in [1.82, 2.24) is 4.90 Å². The van der Waals surface area contributed by atoms with Gasteiger partial charge in [0, 0.05) is 18.2 Å². The van der Waals surface area contributed by atoms with Crippen LogP contribution in [0.25, 0.3) is 0 Å². The number of ether oxygens (including phenoxy) is 1. The zero-order valence-electron chi connectivity index (χ0n) is 11.1. The van der Waals surface area contributed by atoms with Gasteiger partial charge in [0.15, 0.2) is 0 Å². The van der Waals surface area contributed by atoms with Gasteiger partial charge < -0.3 is 9.84 Å². The van der Waals surface area contributed by atoms with Gasteiger partial charge in [-0.15, -0.1) is 0 Å². The van der Waals surface area contributed by atoms with Gasteiger partial charge in [0.05, 0.1) is 7.11 Å². The molecule has 0 aliphatic carbocycles. The Bertz CT molecular complexity index is 492. The zero-order chi connectivity index (χ0) is 14.0. The van der Waals surface area contributed by atoms with E-state index >= 15 is 0 Å². The van der Waals surface area contributed by atoms with Gasteiger partial charge in [-0.2, -0.15) is 0 Å². The molecule has 1 atom stereocenters. The number of hydrogen-bond donors (Lipinski definition) is 1. The van der Waals surface area contributed by atoms with Gasteiger partial charge in [0.25, 0.3) is 0 Å². The summed E-state index contributed by atoms with van der Waals surface area (Å²) in [5.74, 6) is -0.749. The number of methoxy groups -OCH3 is 1. The minimum atomic E-state index is -0.896. The van der Waals surface area contributed by atoms with E-state index in [9.17, 15) is 14.3 Å². The quantitative estimate of drug-likeness (QED) is 0.909. The Kier molecular flexibility index (Phi) is 3.75. The maximum absolute atomic E-state index is 13.9. The Morgan fingerprint density at radius 1 is 1.58 bits per heavy atom. The van der Waals surface area contributed by atoms with E-state index in [1.54, 1.807) is 19.1 Å². The highest BCUT2D eigenvalue weighted by molar-refractivity contribution is 5.78. The van der Waals surface area contributed by atoms with Crippen molar-refractivity contribution in [3.05, 3.63) is 29.6 Å². The van der Waals surface area contributed by atoms with Crippen LogP contribution in [-0.4, -0.2) is 35.2 Å². The van der Waals surface area contributed by atoms with Gasteiger partial charge >= 0.3 is 5.97 Å². The van der Waals surface area contributed by atoms with Crippen LogP contribution < -0.4 is 4.74 Å². The van der Waals surface area contributed by atoms with Crippen LogP contribution >= 0.6 is 0 Å². The first-order chi connectivity index (χ1) is 8.97. The lowest BCUT2D eigenvalue weighted by Crippen LogP contribution is -2.47. The van der Waals surface area contributed by atoms with Crippen molar-refractivity contribution >= 4 is 5.97 Å². The second-order valence-corrected chi connectivity index (χ2v) is 5.06. The highest BCUT2D eigenvalue weighted by Crippen LogP contribution is 2.31. The molecule has 1 saturated heterocycles. The highest BCUT2D eigenvalue weighted by atomic mass is 19.1. The van der Waals surface area contributed by atoms with E-state index in [0.29, 0.717) is 30.8 Å². The molecule has 1 aliphatic heterocycles. The first kappa shape index (κ1) is 13.8. The molecule has 0 amide bonds. The van der Waals surface area contributed by atoms with E-state index in [1.165, 1.54) is 13.2 Å². The molecule has 1 fully saturated rings. The lowest BCUT2D eigenvalue weighted by Gasteiger charge is -2.31. The van der Waals surface area contributed by atoms with Gasteiger partial charge in [-0.05, 0) is 32.4 Å². The predicted molar refractivity (Wildman–Crippen MR) is 68.6 cm³/mol. The summed E-state index contributed by atoms with van der Waals surface area (Å²) in [5, 5.41) is 9.32. The van der Waals surface area contributed by atoms with Crippen LogP contribution in [-0.2, 0) is 11.3 Å². The number of rotatable bonds is 4. The molecule has 5 heteroatoms. The molecule has 0 bridgehead atoms. The number of nitrogens with zero attached hydrogens (tertiary/aromatic N) is 1. The summed E-state index contributed by atoms with van der Waals surface area (Å²) in [6.45, 7) is 2.68. The van der Waals surface area contributed by atoms with E-state index in [2.05, 4.69) is 0 Å². The summed E-state index contributed by atoms with van der Waals surface area (Å²) in [4.78, 5) is 13.2. The molecular formula is C14H18FNO3. The molecule has 2 rings (SSSR count). The molecule has 0 spiro atoms. The summed E-state index contributed by atoms with van der Waals surface area (Å²) in [5.41, 5.74) is -0.401. The fourth-order valence-electron chi connectivity index (χ4n) is 2.50. The molecule has 1 unspecified atom stereocenters. The molecule has 1 N–H and O–H groups in total. The largest absolute Gasteiger partial charge is 0.497 e. The number of carboxylic acids is 1. The van der Waals surface area contributed by atoms with Gasteiger partial charge in [-0.25, -0.2) is 4.39 Å². The topological polar surface area (TPSA) is 49.8 Å². The van der Waals surface area contributed by atoms with E-state index in [4.69, 9.17) is 4.74 Å². The standard InChI is InChI=1S/C14H18FNO3/c1-14(13(17)18)6-3-7-16(14)9-10-4-5-11(19-2)8-12(10)15/h4-5,8H,3,6-7,9H2,1-2H3,(H,17,18). The van der Waals surface area contributed by atoms with Gasteiger partial charge in [-0.3, -0.25) is 9.69 Å². The van der Waals surface area contributed by atoms with Crippen molar-refractivity contribution in [3.63, 3.8) is 0 Å². The fraction of sp³-hybridized carbons (Fsp3) is 0.500. The van der Waals surface area contributed by atoms with Gasteiger partial charge in [0.2, 0.25) is 0 Å². The fourth-order valence-corrected chi connectivity index (χ4v) is 2.50. The third-order valence-electron chi connectivity index (χ3n) is 3.87.